The number of carbonyl (C=O) groups excluding carboxylic acids is 1. The van der Waals surface area contributed by atoms with Gasteiger partial charge < -0.3 is 14.9 Å². The first-order chi connectivity index (χ1) is 13.8. The summed E-state index contributed by atoms with van der Waals surface area (Å²) in [5, 5.41) is 19.6. The Morgan fingerprint density at radius 3 is 2.37 bits per heavy atom. The van der Waals surface area contributed by atoms with Crippen molar-refractivity contribution in [3.05, 3.63) is 52.6 Å². The first kappa shape index (κ1) is 23.5. The quantitative estimate of drug-likeness (QED) is 0.703. The van der Waals surface area contributed by atoms with Crippen molar-refractivity contribution in [3.8, 4) is 0 Å². The van der Waals surface area contributed by atoms with E-state index in [1.807, 2.05) is 0 Å². The van der Waals surface area contributed by atoms with Crippen molar-refractivity contribution in [3.63, 3.8) is 0 Å². The maximum absolute atomic E-state index is 12.3. The summed E-state index contributed by atoms with van der Waals surface area (Å²) in [5.41, 5.74) is -1.06. The van der Waals surface area contributed by atoms with E-state index in [-0.39, 0.29) is 17.0 Å². The molecule has 162 valence electrons. The van der Waals surface area contributed by atoms with Crippen molar-refractivity contribution in [1.29, 1.82) is 0 Å². The normalized spacial score (nSPS) is 21.0. The van der Waals surface area contributed by atoms with Gasteiger partial charge in [-0.25, -0.2) is 9.59 Å². The van der Waals surface area contributed by atoms with Gasteiger partial charge in [0.2, 0.25) is 0 Å². The molecule has 30 heavy (non-hydrogen) atoms. The molecule has 8 heteroatoms. The van der Waals surface area contributed by atoms with Crippen molar-refractivity contribution in [2.75, 3.05) is 11.9 Å². The van der Waals surface area contributed by atoms with Crippen LogP contribution in [0.4, 0.5) is 10.5 Å². The molecule has 1 aliphatic carbocycles. The standard InChI is InChI=1S/C22H26ClNO6/c1-13-16(18(25)26)7-6-10-22(13,19(27)28)12-14-8-9-15(11-17(14)23)24(5)20(29)30-21(2,3)4/h6-11,13H,12H2,1-5H3,(H,25,26)(H,27,28). The fourth-order valence-corrected chi connectivity index (χ4v) is 3.57. The van der Waals surface area contributed by atoms with Crippen molar-refractivity contribution in [2.24, 2.45) is 11.3 Å². The zero-order valence-electron chi connectivity index (χ0n) is 17.6. The fraction of sp³-hybridized carbons (Fsp3) is 0.409. The number of nitrogens with zero attached hydrogens (tertiary/aromatic N) is 1. The first-order valence-electron chi connectivity index (χ1n) is 9.40. The van der Waals surface area contributed by atoms with Crippen LogP contribution in [0.5, 0.6) is 0 Å². The molecular weight excluding hydrogens is 410 g/mol. The molecule has 1 aliphatic rings. The average molecular weight is 436 g/mol. The lowest BCUT2D eigenvalue weighted by atomic mass is 9.66. The Kier molecular flexibility index (Phi) is 6.67. The molecule has 0 bridgehead atoms. The Hall–Kier alpha value is -2.80. The molecular formula is C22H26ClNO6. The molecule has 0 radical (unpaired) electrons. The number of ether oxygens (including phenoxy) is 1. The Morgan fingerprint density at radius 1 is 1.23 bits per heavy atom. The predicted octanol–water partition coefficient (Wildman–Crippen LogP) is 4.54. The van der Waals surface area contributed by atoms with Gasteiger partial charge in [-0.2, -0.15) is 0 Å². The summed E-state index contributed by atoms with van der Waals surface area (Å²) in [6.45, 7) is 6.87. The minimum absolute atomic E-state index is 0.000114. The molecule has 0 aromatic heterocycles. The summed E-state index contributed by atoms with van der Waals surface area (Å²) in [5.74, 6) is -3.06. The van der Waals surface area contributed by atoms with Crippen LogP contribution < -0.4 is 4.90 Å². The molecule has 1 aromatic rings. The van der Waals surface area contributed by atoms with E-state index < -0.39 is 35.0 Å². The monoisotopic (exact) mass is 435 g/mol. The van der Waals surface area contributed by atoms with Gasteiger partial charge in [0.25, 0.3) is 0 Å². The van der Waals surface area contributed by atoms with E-state index in [1.165, 1.54) is 23.1 Å². The summed E-state index contributed by atoms with van der Waals surface area (Å²) in [4.78, 5) is 37.3. The summed E-state index contributed by atoms with van der Waals surface area (Å²) in [6.07, 6.45) is 3.82. The van der Waals surface area contributed by atoms with Gasteiger partial charge in [0.15, 0.2) is 0 Å². The van der Waals surface area contributed by atoms with Crippen molar-refractivity contribution < 1.29 is 29.3 Å². The topological polar surface area (TPSA) is 104 Å². The number of halogens is 1. The molecule has 7 nitrogen and oxygen atoms in total. The number of hydrogen-bond acceptors (Lipinski definition) is 4. The molecule has 0 aliphatic heterocycles. The van der Waals surface area contributed by atoms with Crippen molar-refractivity contribution in [2.45, 2.75) is 39.7 Å². The molecule has 2 N–H and O–H groups in total. The van der Waals surface area contributed by atoms with Crippen LogP contribution in [0, 0.1) is 11.3 Å². The van der Waals surface area contributed by atoms with Gasteiger partial charge in [0, 0.05) is 29.2 Å². The Balaban J connectivity index is 2.33. The number of carboxylic acids is 2. The van der Waals surface area contributed by atoms with E-state index in [4.69, 9.17) is 16.3 Å². The molecule has 2 atom stereocenters. The second-order valence-corrected chi connectivity index (χ2v) is 8.75. The van der Waals surface area contributed by atoms with E-state index in [0.29, 0.717) is 11.3 Å². The number of amides is 1. The van der Waals surface area contributed by atoms with Crippen LogP contribution in [0.15, 0.2) is 42.0 Å². The zero-order valence-corrected chi connectivity index (χ0v) is 18.4. The highest BCUT2D eigenvalue weighted by molar-refractivity contribution is 6.31. The third-order valence-corrected chi connectivity index (χ3v) is 5.48. The third-order valence-electron chi connectivity index (χ3n) is 5.13. The first-order valence-corrected chi connectivity index (χ1v) is 9.77. The number of rotatable bonds is 5. The highest BCUT2D eigenvalue weighted by Crippen LogP contribution is 2.42. The van der Waals surface area contributed by atoms with E-state index >= 15 is 0 Å². The number of benzene rings is 1. The van der Waals surface area contributed by atoms with Crippen LogP contribution in [-0.2, 0) is 20.7 Å². The second-order valence-electron chi connectivity index (χ2n) is 8.35. The van der Waals surface area contributed by atoms with Crippen LogP contribution in [0.1, 0.15) is 33.3 Å². The highest BCUT2D eigenvalue weighted by atomic mass is 35.5. The van der Waals surface area contributed by atoms with Gasteiger partial charge in [-0.15, -0.1) is 0 Å². The number of carbonyl (C=O) groups is 3. The number of carboxylic acid groups (broad SMARTS) is 2. The lowest BCUT2D eigenvalue weighted by molar-refractivity contribution is -0.148. The van der Waals surface area contributed by atoms with Gasteiger partial charge in [-0.05, 0) is 44.9 Å². The Labute approximate surface area is 180 Å². The van der Waals surface area contributed by atoms with Crippen LogP contribution in [0.2, 0.25) is 5.02 Å². The molecule has 2 unspecified atom stereocenters. The molecule has 0 heterocycles. The maximum atomic E-state index is 12.3. The predicted molar refractivity (Wildman–Crippen MR) is 114 cm³/mol. The lowest BCUT2D eigenvalue weighted by Crippen LogP contribution is -2.41. The summed E-state index contributed by atoms with van der Waals surface area (Å²) >= 11 is 6.42. The van der Waals surface area contributed by atoms with Gasteiger partial charge in [-0.3, -0.25) is 9.69 Å². The third kappa shape index (κ3) is 4.84. The minimum Gasteiger partial charge on any atom is -0.481 e. The highest BCUT2D eigenvalue weighted by Gasteiger charge is 2.46. The number of aliphatic carboxylic acids is 2. The van der Waals surface area contributed by atoms with E-state index in [0.717, 1.165) is 0 Å². The number of allylic oxidation sites excluding steroid dienone is 2. The second kappa shape index (κ2) is 8.52. The fourth-order valence-electron chi connectivity index (χ4n) is 3.33. The molecule has 2 rings (SSSR count). The average Bonchev–Trinajstić information content (AvgIpc) is 2.62. The number of hydrogen-bond donors (Lipinski definition) is 2. The molecule has 0 saturated heterocycles. The lowest BCUT2D eigenvalue weighted by Gasteiger charge is -2.35. The Morgan fingerprint density at radius 2 is 1.87 bits per heavy atom. The molecule has 0 spiro atoms. The summed E-state index contributed by atoms with van der Waals surface area (Å²) in [7, 11) is 1.55. The van der Waals surface area contributed by atoms with E-state index in [2.05, 4.69) is 0 Å². The molecule has 1 amide bonds. The van der Waals surface area contributed by atoms with Gasteiger partial charge >= 0.3 is 18.0 Å². The minimum atomic E-state index is -1.45. The van der Waals surface area contributed by atoms with Crippen LogP contribution in [0.3, 0.4) is 0 Å². The molecule has 0 saturated carbocycles. The van der Waals surface area contributed by atoms with Crippen LogP contribution in [0.25, 0.3) is 0 Å². The van der Waals surface area contributed by atoms with E-state index in [1.54, 1.807) is 52.9 Å². The number of anilines is 1. The summed E-state index contributed by atoms with van der Waals surface area (Å²) in [6, 6.07) is 4.84. The maximum Gasteiger partial charge on any atom is 0.414 e. The largest absolute Gasteiger partial charge is 0.481 e. The summed E-state index contributed by atoms with van der Waals surface area (Å²) < 4.78 is 5.34. The van der Waals surface area contributed by atoms with E-state index in [9.17, 15) is 24.6 Å². The van der Waals surface area contributed by atoms with Crippen LogP contribution in [-0.4, -0.2) is 40.9 Å². The molecule has 0 fully saturated rings. The van der Waals surface area contributed by atoms with Crippen molar-refractivity contribution >= 4 is 35.3 Å². The smallest absolute Gasteiger partial charge is 0.414 e. The van der Waals surface area contributed by atoms with Gasteiger partial charge in [0.1, 0.15) is 5.60 Å². The Bertz CT molecular complexity index is 930. The van der Waals surface area contributed by atoms with Crippen LogP contribution >= 0.6 is 11.6 Å². The van der Waals surface area contributed by atoms with Gasteiger partial charge in [-0.1, -0.05) is 42.8 Å². The molecule has 1 aromatic carbocycles. The van der Waals surface area contributed by atoms with Gasteiger partial charge in [0.05, 0.1) is 5.41 Å². The SMILES string of the molecule is CC1C(C(=O)O)=CC=CC1(Cc1ccc(N(C)C(=O)OC(C)(C)C)cc1Cl)C(=O)O. The zero-order chi connectivity index (χ0) is 22.9. The van der Waals surface area contributed by atoms with Crippen molar-refractivity contribution in [1.82, 2.24) is 0 Å².